The van der Waals surface area contributed by atoms with E-state index < -0.39 is 0 Å². The largest absolute Gasteiger partial charge is 0.309 e. The second-order valence-electron chi connectivity index (χ2n) is 11.2. The molecule has 0 amide bonds. The van der Waals surface area contributed by atoms with Gasteiger partial charge >= 0.3 is 0 Å². The summed E-state index contributed by atoms with van der Waals surface area (Å²) in [6.07, 6.45) is 9.42. The molecule has 0 N–H and O–H groups in total. The molecule has 1 unspecified atom stereocenters. The van der Waals surface area contributed by atoms with Gasteiger partial charge in [0.2, 0.25) is 0 Å². The summed E-state index contributed by atoms with van der Waals surface area (Å²) in [5.41, 5.74) is 5.41. The molecular weight excluding hydrogens is 557 g/mol. The highest BCUT2D eigenvalue weighted by atomic mass is 32.1. The first-order valence-electron chi connectivity index (χ1n) is 14.9. The number of benzene rings is 5. The van der Waals surface area contributed by atoms with Crippen molar-refractivity contribution < 1.29 is 0 Å². The number of rotatable bonds is 4. The Hall–Kier alpha value is -5.39. The van der Waals surface area contributed by atoms with Gasteiger partial charge in [0.1, 0.15) is 5.82 Å². The molecule has 9 rings (SSSR count). The number of para-hydroxylation sites is 2. The molecule has 0 radical (unpaired) electrons. The van der Waals surface area contributed by atoms with E-state index >= 15 is 0 Å². The summed E-state index contributed by atoms with van der Waals surface area (Å²) in [4.78, 5) is 15.3. The van der Waals surface area contributed by atoms with Crippen molar-refractivity contribution in [2.24, 2.45) is 0 Å². The van der Waals surface area contributed by atoms with Gasteiger partial charge in [0, 0.05) is 53.7 Å². The molecule has 0 aliphatic heterocycles. The maximum atomic E-state index is 5.12. The van der Waals surface area contributed by atoms with Gasteiger partial charge in [0.05, 0.1) is 11.0 Å². The van der Waals surface area contributed by atoms with Crippen LogP contribution >= 0.6 is 11.3 Å². The molecule has 1 aliphatic carbocycles. The maximum absolute atomic E-state index is 5.12. The fourth-order valence-electron chi connectivity index (χ4n) is 6.42. The molecule has 3 aromatic heterocycles. The van der Waals surface area contributed by atoms with Crippen molar-refractivity contribution >= 4 is 53.3 Å². The molecule has 5 aromatic carbocycles. The van der Waals surface area contributed by atoms with Crippen LogP contribution in [0.25, 0.3) is 70.4 Å². The number of allylic oxidation sites excluding steroid dienone is 4. The molecule has 4 nitrogen and oxygen atoms in total. The van der Waals surface area contributed by atoms with Crippen LogP contribution in [-0.2, 0) is 0 Å². The average Bonchev–Trinajstić information content (AvgIpc) is 3.64. The van der Waals surface area contributed by atoms with Gasteiger partial charge in [-0.3, -0.25) is 0 Å². The number of thiophene rings is 1. The Labute approximate surface area is 258 Å². The third kappa shape index (κ3) is 4.08. The van der Waals surface area contributed by atoms with Gasteiger partial charge in [-0.25, -0.2) is 15.0 Å². The summed E-state index contributed by atoms with van der Waals surface area (Å²) in [5, 5.41) is 4.99. The van der Waals surface area contributed by atoms with Gasteiger partial charge in [-0.15, -0.1) is 11.3 Å². The Balaban J connectivity index is 1.25. The second kappa shape index (κ2) is 10.1. The van der Waals surface area contributed by atoms with Gasteiger partial charge in [-0.1, -0.05) is 103 Å². The SMILES string of the molecule is C1=CCC(c2nc(-c3ccc4c(c3)sc3ccccc34)nc(-c3ccc4c5ccccc5n(-c5ccccc5)c4c3)n2)C=C1. The van der Waals surface area contributed by atoms with E-state index in [0.29, 0.717) is 11.6 Å². The highest BCUT2D eigenvalue weighted by Crippen LogP contribution is 2.37. The first-order chi connectivity index (χ1) is 21.8. The predicted molar refractivity (Wildman–Crippen MR) is 184 cm³/mol. The standard InChI is InChI=1S/C39H26N4S/c1-3-11-25(12-4-1)37-40-38(42-39(41-37)27-20-22-32-31-16-8-10-18-35(31)44-36(32)24-27)26-19-21-30-29-15-7-9-17-33(29)43(34(30)23-26)28-13-5-2-6-14-28/h1-11,13-25H,12H2. The highest BCUT2D eigenvalue weighted by molar-refractivity contribution is 7.25. The van der Waals surface area contributed by atoms with Crippen LogP contribution in [0.2, 0.25) is 0 Å². The quantitative estimate of drug-likeness (QED) is 0.207. The summed E-state index contributed by atoms with van der Waals surface area (Å²) in [6, 6.07) is 40.9. The van der Waals surface area contributed by atoms with Crippen molar-refractivity contribution in [2.75, 3.05) is 0 Å². The van der Waals surface area contributed by atoms with Crippen LogP contribution in [-0.4, -0.2) is 19.5 Å². The Bertz CT molecular complexity index is 2430. The van der Waals surface area contributed by atoms with Gasteiger partial charge < -0.3 is 4.57 Å². The van der Waals surface area contributed by atoms with Gasteiger partial charge in [-0.2, -0.15) is 0 Å². The zero-order chi connectivity index (χ0) is 29.0. The highest BCUT2D eigenvalue weighted by Gasteiger charge is 2.19. The molecule has 44 heavy (non-hydrogen) atoms. The molecule has 208 valence electrons. The Morgan fingerprint density at radius 1 is 0.568 bits per heavy atom. The number of hydrogen-bond donors (Lipinski definition) is 0. The summed E-state index contributed by atoms with van der Waals surface area (Å²) in [6.45, 7) is 0. The molecule has 0 spiro atoms. The minimum absolute atomic E-state index is 0.105. The summed E-state index contributed by atoms with van der Waals surface area (Å²) in [5.74, 6) is 2.30. The van der Waals surface area contributed by atoms with Crippen molar-refractivity contribution in [1.29, 1.82) is 0 Å². The van der Waals surface area contributed by atoms with E-state index in [2.05, 4.69) is 144 Å². The number of nitrogens with zero attached hydrogens (tertiary/aromatic N) is 4. The first-order valence-corrected chi connectivity index (χ1v) is 15.7. The number of aromatic nitrogens is 4. The van der Waals surface area contributed by atoms with Crippen LogP contribution in [0.1, 0.15) is 18.2 Å². The fraction of sp³-hybridized carbons (Fsp3) is 0.0513. The smallest absolute Gasteiger partial charge is 0.163 e. The third-order valence-electron chi connectivity index (χ3n) is 8.55. The summed E-state index contributed by atoms with van der Waals surface area (Å²) < 4.78 is 4.86. The van der Waals surface area contributed by atoms with Crippen LogP contribution in [0.4, 0.5) is 0 Å². The van der Waals surface area contributed by atoms with Crippen LogP contribution in [0.3, 0.4) is 0 Å². The lowest BCUT2D eigenvalue weighted by atomic mass is 10.00. The summed E-state index contributed by atoms with van der Waals surface area (Å²) >= 11 is 1.81. The van der Waals surface area contributed by atoms with E-state index in [9.17, 15) is 0 Å². The molecule has 5 heteroatoms. The third-order valence-corrected chi connectivity index (χ3v) is 9.68. The molecule has 0 fully saturated rings. The topological polar surface area (TPSA) is 43.6 Å². The molecule has 0 bridgehead atoms. The molecular formula is C39H26N4S. The summed E-state index contributed by atoms with van der Waals surface area (Å²) in [7, 11) is 0. The second-order valence-corrected chi connectivity index (χ2v) is 12.3. The lowest BCUT2D eigenvalue weighted by Crippen LogP contribution is -2.07. The minimum Gasteiger partial charge on any atom is -0.309 e. The Kier molecular flexibility index (Phi) is 5.78. The van der Waals surface area contributed by atoms with E-state index in [1.165, 1.54) is 36.5 Å². The van der Waals surface area contributed by atoms with Crippen LogP contribution in [0.5, 0.6) is 0 Å². The van der Waals surface area contributed by atoms with E-state index in [-0.39, 0.29) is 5.92 Å². The van der Waals surface area contributed by atoms with E-state index in [0.717, 1.165) is 34.6 Å². The number of hydrogen-bond acceptors (Lipinski definition) is 4. The monoisotopic (exact) mass is 582 g/mol. The molecule has 0 saturated heterocycles. The zero-order valence-electron chi connectivity index (χ0n) is 23.8. The zero-order valence-corrected chi connectivity index (χ0v) is 24.6. The van der Waals surface area contributed by atoms with Crippen molar-refractivity contribution in [3.63, 3.8) is 0 Å². The molecule has 3 heterocycles. The van der Waals surface area contributed by atoms with Crippen LogP contribution in [0, 0.1) is 0 Å². The molecule has 1 aliphatic rings. The minimum atomic E-state index is 0.105. The lowest BCUT2D eigenvalue weighted by molar-refractivity contribution is 0.764. The van der Waals surface area contributed by atoms with Crippen molar-refractivity contribution in [1.82, 2.24) is 19.5 Å². The molecule has 1 atom stereocenters. The Morgan fingerprint density at radius 2 is 1.25 bits per heavy atom. The van der Waals surface area contributed by atoms with Crippen molar-refractivity contribution in [2.45, 2.75) is 12.3 Å². The Morgan fingerprint density at radius 3 is 2.07 bits per heavy atom. The number of fused-ring (bicyclic) bond motifs is 6. The van der Waals surface area contributed by atoms with E-state index in [1.807, 2.05) is 11.3 Å². The molecule has 0 saturated carbocycles. The lowest BCUT2D eigenvalue weighted by Gasteiger charge is -2.14. The fourth-order valence-corrected chi connectivity index (χ4v) is 7.56. The van der Waals surface area contributed by atoms with Gasteiger partial charge in [0.15, 0.2) is 11.6 Å². The molecule has 8 aromatic rings. The average molecular weight is 583 g/mol. The van der Waals surface area contributed by atoms with E-state index in [4.69, 9.17) is 15.0 Å². The first kappa shape index (κ1) is 25.1. The van der Waals surface area contributed by atoms with Crippen LogP contribution < -0.4 is 0 Å². The van der Waals surface area contributed by atoms with Gasteiger partial charge in [-0.05, 0) is 42.8 Å². The van der Waals surface area contributed by atoms with Crippen LogP contribution in [0.15, 0.2) is 140 Å². The normalized spacial score (nSPS) is 14.8. The van der Waals surface area contributed by atoms with Crippen molar-refractivity contribution in [3.8, 4) is 28.5 Å². The van der Waals surface area contributed by atoms with Gasteiger partial charge in [0.25, 0.3) is 0 Å². The maximum Gasteiger partial charge on any atom is 0.163 e. The van der Waals surface area contributed by atoms with Crippen molar-refractivity contribution in [3.05, 3.63) is 145 Å². The van der Waals surface area contributed by atoms with E-state index in [1.54, 1.807) is 0 Å². The predicted octanol–water partition coefficient (Wildman–Crippen LogP) is 10.3.